The van der Waals surface area contributed by atoms with Crippen molar-refractivity contribution in [1.29, 1.82) is 5.26 Å². The molecule has 2 N–H and O–H groups in total. The van der Waals surface area contributed by atoms with Crippen molar-refractivity contribution in [2.24, 2.45) is 0 Å². The van der Waals surface area contributed by atoms with Gasteiger partial charge in [0.2, 0.25) is 0 Å². The lowest BCUT2D eigenvalue weighted by molar-refractivity contribution is 0.431. The normalized spacial score (nSPS) is 11.6. The molecule has 0 fully saturated rings. The highest BCUT2D eigenvalue weighted by Crippen LogP contribution is 2.23. The third kappa shape index (κ3) is 2.58. The molecule has 0 saturated carbocycles. The Morgan fingerprint density at radius 1 is 1.17 bits per heavy atom. The van der Waals surface area contributed by atoms with Crippen molar-refractivity contribution in [3.05, 3.63) is 59.9 Å². The maximum absolute atomic E-state index is 13.2. The zero-order chi connectivity index (χ0) is 13.0. The van der Waals surface area contributed by atoms with Crippen LogP contribution in [0.3, 0.4) is 0 Å². The van der Waals surface area contributed by atoms with Crippen molar-refractivity contribution in [2.45, 2.75) is 6.04 Å². The molecular formula is C14H11FN2O. The minimum absolute atomic E-state index is 0.421. The lowest BCUT2D eigenvalue weighted by atomic mass is 10.1. The Morgan fingerprint density at radius 3 is 2.50 bits per heavy atom. The molecule has 0 heterocycles. The summed E-state index contributed by atoms with van der Waals surface area (Å²) in [4.78, 5) is 0. The first-order valence-corrected chi connectivity index (χ1v) is 5.40. The fourth-order valence-electron chi connectivity index (χ4n) is 1.59. The van der Waals surface area contributed by atoms with Crippen LogP contribution in [-0.2, 0) is 0 Å². The van der Waals surface area contributed by atoms with Gasteiger partial charge in [-0.1, -0.05) is 24.3 Å². The molecule has 0 spiro atoms. The Bertz CT molecular complexity index is 578. The Balaban J connectivity index is 2.24. The minimum atomic E-state index is -0.734. The summed E-state index contributed by atoms with van der Waals surface area (Å²) in [5.74, 6) is -1.15. The number of anilines is 1. The number of aromatic hydroxyl groups is 1. The number of hydrogen-bond donors (Lipinski definition) is 2. The van der Waals surface area contributed by atoms with Crippen LogP contribution in [0, 0.1) is 17.1 Å². The van der Waals surface area contributed by atoms with E-state index in [4.69, 9.17) is 10.4 Å². The molecule has 0 aliphatic heterocycles. The van der Waals surface area contributed by atoms with Crippen LogP contribution in [0.15, 0.2) is 48.5 Å². The van der Waals surface area contributed by atoms with E-state index in [2.05, 4.69) is 11.4 Å². The number of nitriles is 1. The van der Waals surface area contributed by atoms with E-state index in [1.807, 2.05) is 30.3 Å². The van der Waals surface area contributed by atoms with Crippen LogP contribution in [-0.4, -0.2) is 5.11 Å². The summed E-state index contributed by atoms with van der Waals surface area (Å²) in [7, 11) is 0. The molecule has 2 aromatic carbocycles. The smallest absolute Gasteiger partial charge is 0.165 e. The van der Waals surface area contributed by atoms with Gasteiger partial charge < -0.3 is 10.4 Å². The number of phenols is 1. The molecule has 1 unspecified atom stereocenters. The predicted octanol–water partition coefficient (Wildman–Crippen LogP) is 3.21. The van der Waals surface area contributed by atoms with E-state index in [-0.39, 0.29) is 0 Å². The molecule has 90 valence electrons. The lowest BCUT2D eigenvalue weighted by Crippen LogP contribution is -2.08. The standard InChI is InChI=1S/C14H11FN2O/c15-12-8-10(6-7-14(12)18)13(9-16)17-11-4-2-1-3-5-11/h1-8,13,17-18H. The highest BCUT2D eigenvalue weighted by molar-refractivity contribution is 5.47. The molecule has 2 aromatic rings. The summed E-state index contributed by atoms with van der Waals surface area (Å²) in [5, 5.41) is 21.2. The second-order valence-corrected chi connectivity index (χ2v) is 3.78. The number of hydrogen-bond acceptors (Lipinski definition) is 3. The van der Waals surface area contributed by atoms with Crippen molar-refractivity contribution in [1.82, 2.24) is 0 Å². The van der Waals surface area contributed by atoms with Crippen molar-refractivity contribution in [2.75, 3.05) is 5.32 Å². The SMILES string of the molecule is N#CC(Nc1ccccc1)c1ccc(O)c(F)c1. The van der Waals surface area contributed by atoms with E-state index in [0.717, 1.165) is 11.8 Å². The molecule has 0 aliphatic rings. The molecule has 3 nitrogen and oxygen atoms in total. The number of halogens is 1. The molecule has 1 atom stereocenters. The largest absolute Gasteiger partial charge is 0.505 e. The van der Waals surface area contributed by atoms with Crippen molar-refractivity contribution in [3.8, 4) is 11.8 Å². The maximum atomic E-state index is 13.2. The first kappa shape index (κ1) is 11.9. The van der Waals surface area contributed by atoms with E-state index < -0.39 is 17.6 Å². The fourth-order valence-corrected chi connectivity index (χ4v) is 1.59. The number of para-hydroxylation sites is 1. The second kappa shape index (κ2) is 5.19. The average molecular weight is 242 g/mol. The topological polar surface area (TPSA) is 56.0 Å². The van der Waals surface area contributed by atoms with Crippen molar-refractivity contribution < 1.29 is 9.50 Å². The van der Waals surface area contributed by atoms with Gasteiger partial charge in [0, 0.05) is 5.69 Å². The van der Waals surface area contributed by atoms with E-state index in [9.17, 15) is 4.39 Å². The van der Waals surface area contributed by atoms with Gasteiger partial charge in [0.1, 0.15) is 6.04 Å². The molecule has 0 saturated heterocycles. The van der Waals surface area contributed by atoms with Crippen LogP contribution in [0.25, 0.3) is 0 Å². The van der Waals surface area contributed by atoms with Crippen LogP contribution in [0.5, 0.6) is 5.75 Å². The fraction of sp³-hybridized carbons (Fsp3) is 0.0714. The van der Waals surface area contributed by atoms with Gasteiger partial charge >= 0.3 is 0 Å². The molecule has 0 radical (unpaired) electrons. The van der Waals surface area contributed by atoms with Crippen LogP contribution in [0.1, 0.15) is 11.6 Å². The van der Waals surface area contributed by atoms with Crippen LogP contribution in [0.2, 0.25) is 0 Å². The number of nitrogens with one attached hydrogen (secondary N) is 1. The zero-order valence-electron chi connectivity index (χ0n) is 9.47. The molecule has 0 amide bonds. The third-order valence-corrected chi connectivity index (χ3v) is 2.52. The summed E-state index contributed by atoms with van der Waals surface area (Å²) in [6.45, 7) is 0. The minimum Gasteiger partial charge on any atom is -0.505 e. The highest BCUT2D eigenvalue weighted by Gasteiger charge is 2.12. The molecule has 2 rings (SSSR count). The van der Waals surface area contributed by atoms with E-state index >= 15 is 0 Å². The highest BCUT2D eigenvalue weighted by atomic mass is 19.1. The molecule has 0 aromatic heterocycles. The molecule has 4 heteroatoms. The van der Waals surface area contributed by atoms with Gasteiger partial charge in [0.25, 0.3) is 0 Å². The Hall–Kier alpha value is -2.54. The van der Waals surface area contributed by atoms with Crippen molar-refractivity contribution >= 4 is 5.69 Å². The first-order valence-electron chi connectivity index (χ1n) is 5.40. The number of rotatable bonds is 3. The number of nitrogens with zero attached hydrogens (tertiary/aromatic N) is 1. The predicted molar refractivity (Wildman–Crippen MR) is 66.5 cm³/mol. The first-order chi connectivity index (χ1) is 8.70. The zero-order valence-corrected chi connectivity index (χ0v) is 9.47. The van der Waals surface area contributed by atoms with Gasteiger partial charge in [0.15, 0.2) is 11.6 Å². The molecule has 18 heavy (non-hydrogen) atoms. The van der Waals surface area contributed by atoms with Crippen LogP contribution >= 0.6 is 0 Å². The monoisotopic (exact) mass is 242 g/mol. The maximum Gasteiger partial charge on any atom is 0.165 e. The summed E-state index contributed by atoms with van der Waals surface area (Å²) in [6, 6.07) is 14.5. The summed E-state index contributed by atoms with van der Waals surface area (Å²) in [5.41, 5.74) is 1.24. The number of benzene rings is 2. The molecule has 0 aliphatic carbocycles. The van der Waals surface area contributed by atoms with Gasteiger partial charge in [-0.15, -0.1) is 0 Å². The quantitative estimate of drug-likeness (QED) is 0.868. The molecular weight excluding hydrogens is 231 g/mol. The second-order valence-electron chi connectivity index (χ2n) is 3.78. The third-order valence-electron chi connectivity index (χ3n) is 2.52. The number of phenolic OH excluding ortho intramolecular Hbond substituents is 1. The van der Waals surface area contributed by atoms with Gasteiger partial charge in [-0.05, 0) is 29.8 Å². The average Bonchev–Trinajstić information content (AvgIpc) is 2.40. The Morgan fingerprint density at radius 2 is 1.89 bits per heavy atom. The van der Waals surface area contributed by atoms with E-state index in [1.165, 1.54) is 12.1 Å². The lowest BCUT2D eigenvalue weighted by Gasteiger charge is -2.13. The van der Waals surface area contributed by atoms with Crippen LogP contribution < -0.4 is 5.32 Å². The van der Waals surface area contributed by atoms with E-state index in [0.29, 0.717) is 5.56 Å². The summed E-state index contributed by atoms with van der Waals surface area (Å²) < 4.78 is 13.2. The summed E-state index contributed by atoms with van der Waals surface area (Å²) in [6.07, 6.45) is 0. The van der Waals surface area contributed by atoms with Crippen molar-refractivity contribution in [3.63, 3.8) is 0 Å². The Labute approximate surface area is 104 Å². The van der Waals surface area contributed by atoms with E-state index in [1.54, 1.807) is 0 Å². The Kier molecular flexibility index (Phi) is 3.44. The van der Waals surface area contributed by atoms with Gasteiger partial charge in [-0.25, -0.2) is 4.39 Å². The van der Waals surface area contributed by atoms with Gasteiger partial charge in [-0.2, -0.15) is 5.26 Å². The van der Waals surface area contributed by atoms with Gasteiger partial charge in [0.05, 0.1) is 6.07 Å². The molecule has 0 bridgehead atoms. The van der Waals surface area contributed by atoms with Crippen LogP contribution in [0.4, 0.5) is 10.1 Å². The summed E-state index contributed by atoms with van der Waals surface area (Å²) >= 11 is 0. The van der Waals surface area contributed by atoms with Gasteiger partial charge in [-0.3, -0.25) is 0 Å².